The predicted octanol–water partition coefficient (Wildman–Crippen LogP) is 5.39. The zero-order valence-corrected chi connectivity index (χ0v) is 12.4. The SMILES string of the molecule is CC(C)(O)CCCC(=C(F)F)c1ccc2ccccc2c1. The highest BCUT2D eigenvalue weighted by atomic mass is 19.3. The maximum atomic E-state index is 13.2. The maximum absolute atomic E-state index is 13.2. The topological polar surface area (TPSA) is 20.2 Å². The summed E-state index contributed by atoms with van der Waals surface area (Å²) in [6.45, 7) is 3.39. The van der Waals surface area contributed by atoms with E-state index in [1.165, 1.54) is 0 Å². The number of hydrogen-bond donors (Lipinski definition) is 1. The second-order valence-corrected chi connectivity index (χ2v) is 5.97. The largest absolute Gasteiger partial charge is 0.390 e. The monoisotopic (exact) mass is 290 g/mol. The van der Waals surface area contributed by atoms with Crippen LogP contribution in [0.1, 0.15) is 38.7 Å². The third-order valence-corrected chi connectivity index (χ3v) is 3.54. The lowest BCUT2D eigenvalue weighted by atomic mass is 9.95. The second kappa shape index (κ2) is 6.35. The smallest absolute Gasteiger partial charge is 0.274 e. The number of halogens is 2. The third-order valence-electron chi connectivity index (χ3n) is 3.54. The molecule has 2 aromatic carbocycles. The van der Waals surface area contributed by atoms with Gasteiger partial charge in [0.05, 0.1) is 5.60 Å². The lowest BCUT2D eigenvalue weighted by molar-refractivity contribution is 0.0692. The Balaban J connectivity index is 2.23. The summed E-state index contributed by atoms with van der Waals surface area (Å²) in [5.41, 5.74) is -0.184. The molecule has 0 atom stereocenters. The Morgan fingerprint density at radius 3 is 2.33 bits per heavy atom. The molecule has 2 aromatic rings. The summed E-state index contributed by atoms with van der Waals surface area (Å²) in [6, 6.07) is 13.1. The summed E-state index contributed by atoms with van der Waals surface area (Å²) in [6.07, 6.45) is -0.341. The van der Waals surface area contributed by atoms with Crippen molar-refractivity contribution < 1.29 is 13.9 Å². The first-order chi connectivity index (χ1) is 9.87. The summed E-state index contributed by atoms with van der Waals surface area (Å²) >= 11 is 0. The molecule has 1 nitrogen and oxygen atoms in total. The van der Waals surface area contributed by atoms with Gasteiger partial charge in [0.1, 0.15) is 0 Å². The van der Waals surface area contributed by atoms with Crippen LogP contribution in [0.25, 0.3) is 16.3 Å². The zero-order chi connectivity index (χ0) is 15.5. The molecule has 0 saturated heterocycles. The molecule has 0 fully saturated rings. The minimum atomic E-state index is -1.64. The van der Waals surface area contributed by atoms with Gasteiger partial charge in [0, 0.05) is 5.57 Å². The van der Waals surface area contributed by atoms with Crippen molar-refractivity contribution in [1.29, 1.82) is 0 Å². The summed E-state index contributed by atoms with van der Waals surface area (Å²) in [5.74, 6) is 0. The van der Waals surface area contributed by atoms with E-state index in [1.54, 1.807) is 26.0 Å². The molecule has 0 aliphatic rings. The molecule has 0 aromatic heterocycles. The minimum absolute atomic E-state index is 0.0741. The Morgan fingerprint density at radius 2 is 1.71 bits per heavy atom. The van der Waals surface area contributed by atoms with E-state index in [0.29, 0.717) is 18.4 Å². The average molecular weight is 290 g/mol. The van der Waals surface area contributed by atoms with Crippen molar-refractivity contribution in [2.45, 2.75) is 38.7 Å². The van der Waals surface area contributed by atoms with E-state index in [1.807, 2.05) is 30.3 Å². The normalized spacial score (nSPS) is 11.7. The van der Waals surface area contributed by atoms with Gasteiger partial charge in [0.15, 0.2) is 0 Å². The van der Waals surface area contributed by atoms with Gasteiger partial charge in [0.25, 0.3) is 6.08 Å². The zero-order valence-electron chi connectivity index (χ0n) is 12.4. The van der Waals surface area contributed by atoms with Crippen molar-refractivity contribution in [3.05, 3.63) is 54.1 Å². The Morgan fingerprint density at radius 1 is 1.05 bits per heavy atom. The molecule has 0 saturated carbocycles. The van der Waals surface area contributed by atoms with Crippen molar-refractivity contribution >= 4 is 16.3 Å². The summed E-state index contributed by atoms with van der Waals surface area (Å²) < 4.78 is 26.4. The van der Waals surface area contributed by atoms with Crippen LogP contribution in [0.15, 0.2) is 48.5 Å². The lowest BCUT2D eigenvalue weighted by Crippen LogP contribution is -2.17. The molecule has 0 bridgehead atoms. The van der Waals surface area contributed by atoms with E-state index in [0.717, 1.165) is 10.8 Å². The maximum Gasteiger partial charge on any atom is 0.274 e. The van der Waals surface area contributed by atoms with Gasteiger partial charge in [0.2, 0.25) is 0 Å². The van der Waals surface area contributed by atoms with Gasteiger partial charge in [-0.3, -0.25) is 0 Å². The van der Waals surface area contributed by atoms with Crippen LogP contribution in [0.3, 0.4) is 0 Å². The Bertz CT molecular complexity index is 650. The molecule has 0 aliphatic heterocycles. The van der Waals surface area contributed by atoms with Crippen LogP contribution in [0.2, 0.25) is 0 Å². The van der Waals surface area contributed by atoms with Crippen LogP contribution >= 0.6 is 0 Å². The molecule has 0 amide bonds. The van der Waals surface area contributed by atoms with E-state index in [2.05, 4.69) is 0 Å². The van der Waals surface area contributed by atoms with Crippen molar-refractivity contribution in [2.24, 2.45) is 0 Å². The highest BCUT2D eigenvalue weighted by Gasteiger charge is 2.15. The lowest BCUT2D eigenvalue weighted by Gasteiger charge is -2.17. The molecule has 0 aliphatic carbocycles. The van der Waals surface area contributed by atoms with E-state index in [9.17, 15) is 13.9 Å². The van der Waals surface area contributed by atoms with Crippen LogP contribution in [0, 0.1) is 0 Å². The first kappa shape index (κ1) is 15.6. The number of aliphatic hydroxyl groups is 1. The van der Waals surface area contributed by atoms with Gasteiger partial charge in [-0.25, -0.2) is 0 Å². The van der Waals surface area contributed by atoms with Crippen LogP contribution in [0.5, 0.6) is 0 Å². The van der Waals surface area contributed by atoms with Crippen LogP contribution in [0.4, 0.5) is 8.78 Å². The average Bonchev–Trinajstić information content (AvgIpc) is 2.41. The Hall–Kier alpha value is -1.74. The fourth-order valence-corrected chi connectivity index (χ4v) is 2.42. The van der Waals surface area contributed by atoms with Gasteiger partial charge in [-0.2, -0.15) is 8.78 Å². The van der Waals surface area contributed by atoms with E-state index >= 15 is 0 Å². The van der Waals surface area contributed by atoms with Crippen LogP contribution in [-0.4, -0.2) is 10.7 Å². The molecule has 2 rings (SSSR count). The van der Waals surface area contributed by atoms with Crippen molar-refractivity contribution in [1.82, 2.24) is 0 Å². The van der Waals surface area contributed by atoms with Gasteiger partial charge < -0.3 is 5.11 Å². The van der Waals surface area contributed by atoms with Gasteiger partial charge in [-0.05, 0) is 55.5 Å². The Labute approximate surface area is 123 Å². The van der Waals surface area contributed by atoms with Gasteiger partial charge in [-0.1, -0.05) is 36.4 Å². The van der Waals surface area contributed by atoms with E-state index in [-0.39, 0.29) is 12.0 Å². The number of benzene rings is 2. The molecular formula is C18H20F2O. The highest BCUT2D eigenvalue weighted by molar-refractivity contribution is 5.86. The number of rotatable bonds is 5. The van der Waals surface area contributed by atoms with Crippen molar-refractivity contribution in [2.75, 3.05) is 0 Å². The van der Waals surface area contributed by atoms with Crippen molar-refractivity contribution in [3.63, 3.8) is 0 Å². The van der Waals surface area contributed by atoms with E-state index < -0.39 is 11.7 Å². The molecule has 0 radical (unpaired) electrons. The first-order valence-electron chi connectivity index (χ1n) is 7.12. The molecule has 21 heavy (non-hydrogen) atoms. The molecule has 112 valence electrons. The summed E-state index contributed by atoms with van der Waals surface area (Å²) in [7, 11) is 0. The molecule has 1 N–H and O–H groups in total. The molecule has 0 spiro atoms. The third kappa shape index (κ3) is 4.36. The second-order valence-electron chi connectivity index (χ2n) is 5.97. The number of allylic oxidation sites excluding steroid dienone is 1. The minimum Gasteiger partial charge on any atom is -0.390 e. The Kier molecular flexibility index (Phi) is 4.73. The van der Waals surface area contributed by atoms with Crippen LogP contribution in [-0.2, 0) is 0 Å². The van der Waals surface area contributed by atoms with Crippen molar-refractivity contribution in [3.8, 4) is 0 Å². The molecule has 3 heteroatoms. The van der Waals surface area contributed by atoms with Gasteiger partial charge >= 0.3 is 0 Å². The van der Waals surface area contributed by atoms with Crippen LogP contribution < -0.4 is 0 Å². The number of fused-ring (bicyclic) bond motifs is 1. The van der Waals surface area contributed by atoms with E-state index in [4.69, 9.17) is 0 Å². The first-order valence-corrected chi connectivity index (χ1v) is 7.12. The quantitative estimate of drug-likeness (QED) is 0.783. The molecular weight excluding hydrogens is 270 g/mol. The fourth-order valence-electron chi connectivity index (χ4n) is 2.42. The fraction of sp³-hybridized carbons (Fsp3) is 0.333. The predicted molar refractivity (Wildman–Crippen MR) is 83.2 cm³/mol. The molecule has 0 heterocycles. The summed E-state index contributed by atoms with van der Waals surface area (Å²) in [5, 5.41) is 11.7. The summed E-state index contributed by atoms with van der Waals surface area (Å²) in [4.78, 5) is 0. The number of hydrogen-bond acceptors (Lipinski definition) is 1. The molecule has 0 unspecified atom stereocenters. The van der Waals surface area contributed by atoms with Gasteiger partial charge in [-0.15, -0.1) is 0 Å². The standard InChI is InChI=1S/C18H20F2O/c1-18(2,21)11-5-8-16(17(19)20)15-10-9-13-6-3-4-7-14(13)12-15/h3-4,6-7,9-10,12,21H,5,8,11H2,1-2H3. The highest BCUT2D eigenvalue weighted by Crippen LogP contribution is 2.29.